The van der Waals surface area contributed by atoms with Crippen LogP contribution in [0.15, 0.2) is 0 Å². The minimum atomic E-state index is -0.319. The van der Waals surface area contributed by atoms with Crippen molar-refractivity contribution in [3.63, 3.8) is 0 Å². The van der Waals surface area contributed by atoms with Crippen molar-refractivity contribution in [3.8, 4) is 0 Å². The molecule has 1 rings (SSSR count). The van der Waals surface area contributed by atoms with Crippen molar-refractivity contribution in [3.05, 3.63) is 0 Å². The van der Waals surface area contributed by atoms with Crippen molar-refractivity contribution in [2.45, 2.75) is 39.2 Å². The quantitative estimate of drug-likeness (QED) is 0.729. The first-order valence-corrected chi connectivity index (χ1v) is 6.24. The maximum Gasteiger partial charge on any atom is 0.0900 e. The monoisotopic (exact) mass is 215 g/mol. The average Bonchev–Trinajstić information content (AvgIpc) is 2.26. The van der Waals surface area contributed by atoms with Gasteiger partial charge >= 0.3 is 0 Å². The molecule has 0 aromatic carbocycles. The van der Waals surface area contributed by atoms with Gasteiger partial charge in [0.15, 0.2) is 0 Å². The van der Waals surface area contributed by atoms with Gasteiger partial charge in [0.2, 0.25) is 0 Å². The molecule has 2 atom stereocenters. The number of piperidine rings is 1. The molecule has 0 aromatic heterocycles. The van der Waals surface area contributed by atoms with E-state index in [1.54, 1.807) is 0 Å². The van der Waals surface area contributed by atoms with Crippen molar-refractivity contribution in [2.75, 3.05) is 32.8 Å². The second-order valence-electron chi connectivity index (χ2n) is 4.49. The van der Waals surface area contributed by atoms with Crippen LogP contribution >= 0.6 is 0 Å². The minimum Gasteiger partial charge on any atom is -0.389 e. The van der Waals surface area contributed by atoms with Gasteiger partial charge in [0, 0.05) is 19.7 Å². The summed E-state index contributed by atoms with van der Waals surface area (Å²) in [5.74, 6) is 0.832. The Kier molecular flexibility index (Phi) is 6.22. The molecule has 2 unspecified atom stereocenters. The maximum atomic E-state index is 9.72. The van der Waals surface area contributed by atoms with Crippen molar-refractivity contribution in [1.82, 2.24) is 4.90 Å². The van der Waals surface area contributed by atoms with Gasteiger partial charge < -0.3 is 14.7 Å². The SMILES string of the molecule is CCOCC(O)CN1CCCC(CC)C1. The summed E-state index contributed by atoms with van der Waals surface area (Å²) in [6.07, 6.45) is 3.58. The van der Waals surface area contributed by atoms with Crippen LogP contribution < -0.4 is 0 Å². The number of aliphatic hydroxyl groups is 1. The van der Waals surface area contributed by atoms with E-state index in [4.69, 9.17) is 4.74 Å². The molecule has 1 aliphatic rings. The summed E-state index contributed by atoms with van der Waals surface area (Å²) >= 11 is 0. The average molecular weight is 215 g/mol. The van der Waals surface area contributed by atoms with E-state index in [1.807, 2.05) is 6.92 Å². The van der Waals surface area contributed by atoms with Crippen molar-refractivity contribution in [1.29, 1.82) is 0 Å². The van der Waals surface area contributed by atoms with E-state index < -0.39 is 0 Å². The lowest BCUT2D eigenvalue weighted by Crippen LogP contribution is -2.41. The van der Waals surface area contributed by atoms with Gasteiger partial charge in [0.1, 0.15) is 0 Å². The third-order valence-corrected chi connectivity index (χ3v) is 3.16. The lowest BCUT2D eigenvalue weighted by atomic mass is 9.95. The van der Waals surface area contributed by atoms with Gasteiger partial charge in [-0.05, 0) is 32.2 Å². The number of hydrogen-bond donors (Lipinski definition) is 1. The molecular weight excluding hydrogens is 190 g/mol. The highest BCUT2D eigenvalue weighted by molar-refractivity contribution is 4.74. The highest BCUT2D eigenvalue weighted by Crippen LogP contribution is 2.19. The summed E-state index contributed by atoms with van der Waals surface area (Å²) in [6.45, 7) is 8.44. The molecule has 3 nitrogen and oxygen atoms in total. The van der Waals surface area contributed by atoms with E-state index >= 15 is 0 Å². The number of aliphatic hydroxyl groups excluding tert-OH is 1. The predicted octanol–water partition coefficient (Wildman–Crippen LogP) is 1.51. The van der Waals surface area contributed by atoms with Crippen LogP contribution in [0.3, 0.4) is 0 Å². The highest BCUT2D eigenvalue weighted by atomic mass is 16.5. The third kappa shape index (κ3) is 4.96. The molecule has 15 heavy (non-hydrogen) atoms. The van der Waals surface area contributed by atoms with E-state index in [1.165, 1.54) is 19.3 Å². The lowest BCUT2D eigenvalue weighted by molar-refractivity contribution is 0.0127. The Morgan fingerprint density at radius 2 is 2.27 bits per heavy atom. The van der Waals surface area contributed by atoms with Crippen LogP contribution in [0.4, 0.5) is 0 Å². The van der Waals surface area contributed by atoms with E-state index in [0.717, 1.165) is 25.6 Å². The second kappa shape index (κ2) is 7.20. The van der Waals surface area contributed by atoms with Crippen molar-refractivity contribution in [2.24, 2.45) is 5.92 Å². The standard InChI is InChI=1S/C12H25NO2/c1-3-11-6-5-7-13(8-11)9-12(14)10-15-4-2/h11-12,14H,3-10H2,1-2H3. The molecular formula is C12H25NO2. The maximum absolute atomic E-state index is 9.72. The van der Waals surface area contributed by atoms with Gasteiger partial charge in [-0.15, -0.1) is 0 Å². The fourth-order valence-electron chi connectivity index (χ4n) is 2.25. The Morgan fingerprint density at radius 3 is 2.93 bits per heavy atom. The molecule has 1 heterocycles. The Morgan fingerprint density at radius 1 is 1.47 bits per heavy atom. The fraction of sp³-hybridized carbons (Fsp3) is 1.00. The van der Waals surface area contributed by atoms with Crippen LogP contribution in [0.5, 0.6) is 0 Å². The molecule has 0 aromatic rings. The van der Waals surface area contributed by atoms with Gasteiger partial charge in [-0.25, -0.2) is 0 Å². The smallest absolute Gasteiger partial charge is 0.0900 e. The molecule has 1 fully saturated rings. The Labute approximate surface area is 93.4 Å². The zero-order valence-corrected chi connectivity index (χ0v) is 10.1. The first kappa shape index (κ1) is 12.9. The largest absolute Gasteiger partial charge is 0.389 e. The van der Waals surface area contributed by atoms with Gasteiger partial charge in [-0.1, -0.05) is 13.3 Å². The summed E-state index contributed by atoms with van der Waals surface area (Å²) in [6, 6.07) is 0. The highest BCUT2D eigenvalue weighted by Gasteiger charge is 2.20. The van der Waals surface area contributed by atoms with Gasteiger partial charge in [0.25, 0.3) is 0 Å². The topological polar surface area (TPSA) is 32.7 Å². The lowest BCUT2D eigenvalue weighted by Gasteiger charge is -2.33. The molecule has 0 aliphatic carbocycles. The van der Waals surface area contributed by atoms with Crippen LogP contribution in [0, 0.1) is 5.92 Å². The van der Waals surface area contributed by atoms with Crippen LogP contribution in [-0.4, -0.2) is 49.0 Å². The number of ether oxygens (including phenoxy) is 1. The third-order valence-electron chi connectivity index (χ3n) is 3.16. The van der Waals surface area contributed by atoms with Gasteiger partial charge in [-0.3, -0.25) is 0 Å². The minimum absolute atomic E-state index is 0.319. The van der Waals surface area contributed by atoms with E-state index in [-0.39, 0.29) is 6.10 Å². The second-order valence-corrected chi connectivity index (χ2v) is 4.49. The van der Waals surface area contributed by atoms with E-state index in [2.05, 4.69) is 11.8 Å². The van der Waals surface area contributed by atoms with Crippen LogP contribution in [0.2, 0.25) is 0 Å². The first-order chi connectivity index (χ1) is 7.26. The van der Waals surface area contributed by atoms with Crippen LogP contribution in [0.25, 0.3) is 0 Å². The summed E-state index contributed by atoms with van der Waals surface area (Å²) in [4.78, 5) is 2.38. The van der Waals surface area contributed by atoms with E-state index in [9.17, 15) is 5.11 Å². The van der Waals surface area contributed by atoms with Crippen molar-refractivity contribution < 1.29 is 9.84 Å². The first-order valence-electron chi connectivity index (χ1n) is 6.24. The Hall–Kier alpha value is -0.120. The molecule has 1 N–H and O–H groups in total. The van der Waals surface area contributed by atoms with Crippen molar-refractivity contribution >= 4 is 0 Å². The van der Waals surface area contributed by atoms with E-state index in [0.29, 0.717) is 13.2 Å². The summed E-state index contributed by atoms with van der Waals surface area (Å²) in [5, 5.41) is 9.72. The fourth-order valence-corrected chi connectivity index (χ4v) is 2.25. The molecule has 1 saturated heterocycles. The predicted molar refractivity (Wildman–Crippen MR) is 62.0 cm³/mol. The zero-order valence-electron chi connectivity index (χ0n) is 10.1. The molecule has 90 valence electrons. The molecule has 3 heteroatoms. The summed E-state index contributed by atoms with van der Waals surface area (Å²) < 4.78 is 5.21. The molecule has 1 aliphatic heterocycles. The molecule has 0 bridgehead atoms. The van der Waals surface area contributed by atoms with Gasteiger partial charge in [-0.2, -0.15) is 0 Å². The number of rotatable bonds is 6. The van der Waals surface area contributed by atoms with Gasteiger partial charge in [0.05, 0.1) is 12.7 Å². The zero-order chi connectivity index (χ0) is 11.1. The normalized spacial score (nSPS) is 25.4. The Balaban J connectivity index is 2.19. The number of β-amino-alcohol motifs (C(OH)–C–C–N with tert-alkyl or cyclic N) is 1. The van der Waals surface area contributed by atoms with Crippen LogP contribution in [0.1, 0.15) is 33.1 Å². The number of hydrogen-bond acceptors (Lipinski definition) is 3. The number of likely N-dealkylation sites (tertiary alicyclic amines) is 1. The molecule has 0 amide bonds. The summed E-state index contributed by atoms with van der Waals surface area (Å²) in [5.41, 5.74) is 0. The Bertz CT molecular complexity index is 164. The number of nitrogens with zero attached hydrogens (tertiary/aromatic N) is 1. The molecule has 0 saturated carbocycles. The molecule has 0 radical (unpaired) electrons. The molecule has 0 spiro atoms. The summed E-state index contributed by atoms with van der Waals surface area (Å²) in [7, 11) is 0. The van der Waals surface area contributed by atoms with Crippen LogP contribution in [-0.2, 0) is 4.74 Å².